The van der Waals surface area contributed by atoms with Crippen molar-refractivity contribution in [2.75, 3.05) is 11.4 Å². The van der Waals surface area contributed by atoms with Gasteiger partial charge in [-0.05, 0) is 35.2 Å². The standard InChI is InChI=1S/C18H23N3/c1-14(2)20-12-15-7-9-19-18(11-15)21-10-8-16-5-3-4-6-17(16)13-21/h3-7,9,11,14,20H,8,10,12-13H2,1-2H3. The summed E-state index contributed by atoms with van der Waals surface area (Å²) in [7, 11) is 0. The van der Waals surface area contributed by atoms with Crippen LogP contribution in [-0.2, 0) is 19.5 Å². The van der Waals surface area contributed by atoms with E-state index in [4.69, 9.17) is 0 Å². The summed E-state index contributed by atoms with van der Waals surface area (Å²) in [5, 5.41) is 3.46. The van der Waals surface area contributed by atoms with E-state index >= 15 is 0 Å². The van der Waals surface area contributed by atoms with Gasteiger partial charge in [-0.15, -0.1) is 0 Å². The normalized spacial score (nSPS) is 14.3. The zero-order chi connectivity index (χ0) is 14.7. The summed E-state index contributed by atoms with van der Waals surface area (Å²) < 4.78 is 0. The van der Waals surface area contributed by atoms with E-state index in [-0.39, 0.29) is 0 Å². The Morgan fingerprint density at radius 3 is 2.81 bits per heavy atom. The first-order valence-electron chi connectivity index (χ1n) is 7.72. The Balaban J connectivity index is 1.74. The van der Waals surface area contributed by atoms with Crippen LogP contribution in [0.3, 0.4) is 0 Å². The lowest BCUT2D eigenvalue weighted by atomic mass is 10.00. The molecule has 0 atom stereocenters. The molecule has 0 amide bonds. The molecule has 3 heteroatoms. The third kappa shape index (κ3) is 3.42. The fourth-order valence-electron chi connectivity index (χ4n) is 2.76. The lowest BCUT2D eigenvalue weighted by Crippen LogP contribution is -2.31. The van der Waals surface area contributed by atoms with Gasteiger partial charge in [-0.2, -0.15) is 0 Å². The molecule has 0 aliphatic carbocycles. The highest BCUT2D eigenvalue weighted by Gasteiger charge is 2.17. The van der Waals surface area contributed by atoms with E-state index in [1.807, 2.05) is 6.20 Å². The van der Waals surface area contributed by atoms with Crippen LogP contribution in [0.2, 0.25) is 0 Å². The van der Waals surface area contributed by atoms with Gasteiger partial charge in [-0.25, -0.2) is 4.98 Å². The zero-order valence-electron chi connectivity index (χ0n) is 12.8. The molecule has 0 radical (unpaired) electrons. The third-order valence-electron chi connectivity index (χ3n) is 3.98. The number of hydrogen-bond donors (Lipinski definition) is 1. The summed E-state index contributed by atoms with van der Waals surface area (Å²) in [5.74, 6) is 1.09. The van der Waals surface area contributed by atoms with Crippen molar-refractivity contribution in [1.82, 2.24) is 10.3 Å². The molecule has 3 nitrogen and oxygen atoms in total. The van der Waals surface area contributed by atoms with Crippen LogP contribution in [0.25, 0.3) is 0 Å². The van der Waals surface area contributed by atoms with Gasteiger partial charge in [0, 0.05) is 31.9 Å². The maximum Gasteiger partial charge on any atom is 0.129 e. The molecule has 2 aromatic rings. The van der Waals surface area contributed by atoms with Gasteiger partial charge >= 0.3 is 0 Å². The van der Waals surface area contributed by atoms with Gasteiger partial charge in [0.05, 0.1) is 0 Å². The number of anilines is 1. The van der Waals surface area contributed by atoms with Crippen molar-refractivity contribution in [2.24, 2.45) is 0 Å². The van der Waals surface area contributed by atoms with E-state index in [2.05, 4.69) is 65.4 Å². The van der Waals surface area contributed by atoms with E-state index in [1.54, 1.807) is 0 Å². The number of nitrogens with zero attached hydrogens (tertiary/aromatic N) is 2. The molecule has 21 heavy (non-hydrogen) atoms. The lowest BCUT2D eigenvalue weighted by Gasteiger charge is -2.30. The highest BCUT2D eigenvalue weighted by atomic mass is 15.2. The molecular formula is C18H23N3. The third-order valence-corrected chi connectivity index (χ3v) is 3.98. The Bertz CT molecular complexity index is 607. The summed E-state index contributed by atoms with van der Waals surface area (Å²) in [6.45, 7) is 7.25. The van der Waals surface area contributed by atoms with E-state index in [0.29, 0.717) is 6.04 Å². The molecule has 1 aromatic carbocycles. The molecule has 1 aromatic heterocycles. The predicted octanol–water partition coefficient (Wildman–Crippen LogP) is 3.14. The van der Waals surface area contributed by atoms with Crippen LogP contribution in [0.5, 0.6) is 0 Å². The van der Waals surface area contributed by atoms with Crippen LogP contribution in [-0.4, -0.2) is 17.6 Å². The van der Waals surface area contributed by atoms with E-state index in [9.17, 15) is 0 Å². The van der Waals surface area contributed by atoms with Crippen molar-refractivity contribution in [3.8, 4) is 0 Å². The second kappa shape index (κ2) is 6.27. The number of rotatable bonds is 4. The number of fused-ring (bicyclic) bond motifs is 1. The van der Waals surface area contributed by atoms with E-state index in [0.717, 1.165) is 31.9 Å². The Labute approximate surface area is 127 Å². The minimum Gasteiger partial charge on any atom is -0.352 e. The fraction of sp³-hybridized carbons (Fsp3) is 0.389. The lowest BCUT2D eigenvalue weighted by molar-refractivity contribution is 0.588. The first-order valence-corrected chi connectivity index (χ1v) is 7.72. The molecule has 0 saturated heterocycles. The molecule has 1 aliphatic rings. The number of benzene rings is 1. The highest BCUT2D eigenvalue weighted by molar-refractivity contribution is 5.45. The molecule has 1 N–H and O–H groups in total. The van der Waals surface area contributed by atoms with Gasteiger partial charge in [-0.3, -0.25) is 0 Å². The van der Waals surface area contributed by atoms with Crippen molar-refractivity contribution >= 4 is 5.82 Å². The molecule has 0 saturated carbocycles. The number of aromatic nitrogens is 1. The highest BCUT2D eigenvalue weighted by Crippen LogP contribution is 2.23. The quantitative estimate of drug-likeness (QED) is 0.933. The molecule has 0 bridgehead atoms. The fourth-order valence-corrected chi connectivity index (χ4v) is 2.76. The molecule has 0 spiro atoms. The van der Waals surface area contributed by atoms with Crippen LogP contribution >= 0.6 is 0 Å². The molecule has 0 unspecified atom stereocenters. The maximum atomic E-state index is 4.56. The van der Waals surface area contributed by atoms with Gasteiger partial charge in [0.25, 0.3) is 0 Å². The van der Waals surface area contributed by atoms with Crippen LogP contribution < -0.4 is 10.2 Å². The van der Waals surface area contributed by atoms with Crippen LogP contribution in [0.1, 0.15) is 30.5 Å². The summed E-state index contributed by atoms with van der Waals surface area (Å²) in [6, 6.07) is 13.5. The summed E-state index contributed by atoms with van der Waals surface area (Å²) >= 11 is 0. The first kappa shape index (κ1) is 14.1. The molecule has 110 valence electrons. The van der Waals surface area contributed by atoms with Crippen molar-refractivity contribution in [1.29, 1.82) is 0 Å². The smallest absolute Gasteiger partial charge is 0.129 e. The minimum absolute atomic E-state index is 0.503. The summed E-state index contributed by atoms with van der Waals surface area (Å²) in [4.78, 5) is 6.94. The number of hydrogen-bond acceptors (Lipinski definition) is 3. The maximum absolute atomic E-state index is 4.56. The molecule has 2 heterocycles. The van der Waals surface area contributed by atoms with Crippen molar-refractivity contribution in [3.63, 3.8) is 0 Å². The van der Waals surface area contributed by atoms with Crippen molar-refractivity contribution in [2.45, 2.75) is 39.4 Å². The van der Waals surface area contributed by atoms with E-state index < -0.39 is 0 Å². The topological polar surface area (TPSA) is 28.2 Å². The molecule has 3 rings (SSSR count). The van der Waals surface area contributed by atoms with Crippen molar-refractivity contribution < 1.29 is 0 Å². The molecular weight excluding hydrogens is 258 g/mol. The largest absolute Gasteiger partial charge is 0.352 e. The minimum atomic E-state index is 0.503. The number of nitrogens with one attached hydrogen (secondary N) is 1. The van der Waals surface area contributed by atoms with Crippen LogP contribution in [0.4, 0.5) is 5.82 Å². The van der Waals surface area contributed by atoms with Crippen LogP contribution in [0, 0.1) is 0 Å². The summed E-state index contributed by atoms with van der Waals surface area (Å²) in [5.41, 5.74) is 4.20. The van der Waals surface area contributed by atoms with Gasteiger partial charge in [0.1, 0.15) is 5.82 Å². The van der Waals surface area contributed by atoms with Gasteiger partial charge in [0.2, 0.25) is 0 Å². The summed E-state index contributed by atoms with van der Waals surface area (Å²) in [6.07, 6.45) is 3.03. The Kier molecular flexibility index (Phi) is 4.20. The second-order valence-electron chi connectivity index (χ2n) is 6.00. The van der Waals surface area contributed by atoms with Crippen LogP contribution in [0.15, 0.2) is 42.6 Å². The monoisotopic (exact) mass is 281 g/mol. The van der Waals surface area contributed by atoms with E-state index in [1.165, 1.54) is 16.7 Å². The van der Waals surface area contributed by atoms with Gasteiger partial charge in [-0.1, -0.05) is 38.1 Å². The van der Waals surface area contributed by atoms with Gasteiger partial charge < -0.3 is 10.2 Å². The Morgan fingerprint density at radius 1 is 1.19 bits per heavy atom. The predicted molar refractivity (Wildman–Crippen MR) is 87.4 cm³/mol. The zero-order valence-corrected chi connectivity index (χ0v) is 12.8. The SMILES string of the molecule is CC(C)NCc1ccnc(N2CCc3ccccc3C2)c1. The number of pyridine rings is 1. The van der Waals surface area contributed by atoms with Crippen molar-refractivity contribution in [3.05, 3.63) is 59.3 Å². The Hall–Kier alpha value is -1.87. The molecule has 1 aliphatic heterocycles. The molecule has 0 fully saturated rings. The second-order valence-corrected chi connectivity index (χ2v) is 6.00. The first-order chi connectivity index (χ1) is 10.2. The average Bonchev–Trinajstić information content (AvgIpc) is 2.53. The average molecular weight is 281 g/mol. The van der Waals surface area contributed by atoms with Gasteiger partial charge in [0.15, 0.2) is 0 Å². The Morgan fingerprint density at radius 2 is 2.00 bits per heavy atom.